The Morgan fingerprint density at radius 3 is 2.26 bits per heavy atom. The number of aryl methyl sites for hydroxylation is 1. The Morgan fingerprint density at radius 2 is 1.70 bits per heavy atom. The zero-order valence-electron chi connectivity index (χ0n) is 14.0. The van der Waals surface area contributed by atoms with Gasteiger partial charge in [-0.25, -0.2) is 19.6 Å². The predicted molar refractivity (Wildman–Crippen MR) is 107 cm³/mol. The first-order chi connectivity index (χ1) is 12.8. The van der Waals surface area contributed by atoms with Crippen LogP contribution in [-0.2, 0) is 4.79 Å². The lowest BCUT2D eigenvalue weighted by molar-refractivity contribution is -0.116. The van der Waals surface area contributed by atoms with E-state index in [1.165, 1.54) is 17.1 Å². The van der Waals surface area contributed by atoms with Crippen LogP contribution in [-0.4, -0.2) is 37.8 Å². The highest BCUT2D eigenvalue weighted by Crippen LogP contribution is 2.26. The number of carboxylic acids is 2. The van der Waals surface area contributed by atoms with Crippen LogP contribution in [0.25, 0.3) is 0 Å². The van der Waals surface area contributed by atoms with Gasteiger partial charge in [0.2, 0.25) is 0 Å². The van der Waals surface area contributed by atoms with Crippen molar-refractivity contribution in [3.63, 3.8) is 0 Å². The van der Waals surface area contributed by atoms with Gasteiger partial charge >= 0.3 is 11.9 Å². The minimum Gasteiger partial charge on any atom is -0.478 e. The van der Waals surface area contributed by atoms with E-state index < -0.39 is 15.9 Å². The molecule has 1 heterocycles. The number of para-hydroxylation sites is 1. The number of aliphatic imine (C=N–C) groups is 1. The van der Waals surface area contributed by atoms with Crippen LogP contribution in [0, 0.1) is 6.92 Å². The lowest BCUT2D eigenvalue weighted by Crippen LogP contribution is -2.36. The highest BCUT2D eigenvalue weighted by atomic mass is 127. The first-order valence-corrected chi connectivity index (χ1v) is 9.03. The number of carbonyl (C=O) groups is 3. The average Bonchev–Trinajstić information content (AvgIpc) is 2.90. The van der Waals surface area contributed by atoms with Gasteiger partial charge in [0.05, 0.1) is 22.5 Å². The fourth-order valence-electron chi connectivity index (χ4n) is 2.59. The van der Waals surface area contributed by atoms with Crippen LogP contribution in [0.1, 0.15) is 26.3 Å². The van der Waals surface area contributed by atoms with E-state index in [1.807, 2.05) is 47.7 Å². The molecular formula is C18H14IN3O5. The van der Waals surface area contributed by atoms with Gasteiger partial charge < -0.3 is 10.2 Å². The van der Waals surface area contributed by atoms with Crippen molar-refractivity contribution in [2.24, 2.45) is 4.99 Å². The average molecular weight is 479 g/mol. The van der Waals surface area contributed by atoms with E-state index in [4.69, 9.17) is 0 Å². The molecule has 2 aromatic carbocycles. The molecule has 1 aliphatic rings. The number of rotatable bonds is 4. The number of nitrogens with zero attached hydrogens (tertiary/aromatic N) is 2. The maximum atomic E-state index is 12.6. The number of aromatic carboxylic acids is 2. The van der Waals surface area contributed by atoms with E-state index in [0.29, 0.717) is 11.5 Å². The van der Waals surface area contributed by atoms with Gasteiger partial charge in [-0.3, -0.25) is 10.2 Å². The molecule has 1 saturated heterocycles. The largest absolute Gasteiger partial charge is 0.478 e. The molecule has 1 unspecified atom stereocenters. The van der Waals surface area contributed by atoms with Gasteiger partial charge in [-0.1, -0.05) is 40.8 Å². The fraction of sp³-hybridized carbons (Fsp3) is 0.111. The molecule has 1 aliphatic heterocycles. The van der Waals surface area contributed by atoms with E-state index in [2.05, 4.69) is 10.4 Å². The first kappa shape index (κ1) is 18.8. The quantitative estimate of drug-likeness (QED) is 0.459. The van der Waals surface area contributed by atoms with Crippen LogP contribution < -0.4 is 10.4 Å². The molecule has 0 aromatic heterocycles. The molecule has 1 amide bonds. The number of carboxylic acid groups (broad SMARTS) is 2. The Kier molecular flexibility index (Phi) is 5.13. The number of amides is 1. The summed E-state index contributed by atoms with van der Waals surface area (Å²) in [4.78, 5) is 39.4. The van der Waals surface area contributed by atoms with Crippen molar-refractivity contribution >= 4 is 57.6 Å². The van der Waals surface area contributed by atoms with E-state index >= 15 is 0 Å². The van der Waals surface area contributed by atoms with Crippen LogP contribution in [0.15, 0.2) is 47.5 Å². The van der Waals surface area contributed by atoms with Gasteiger partial charge in [0, 0.05) is 0 Å². The van der Waals surface area contributed by atoms with Gasteiger partial charge in [0.15, 0.2) is 3.92 Å². The molecule has 2 aromatic rings. The molecule has 138 valence electrons. The van der Waals surface area contributed by atoms with Crippen molar-refractivity contribution in [1.29, 1.82) is 0 Å². The number of hydrazine groups is 1. The van der Waals surface area contributed by atoms with E-state index in [1.54, 1.807) is 6.07 Å². The highest BCUT2D eigenvalue weighted by molar-refractivity contribution is 14.1. The summed E-state index contributed by atoms with van der Waals surface area (Å²) >= 11 is 1.93. The third-order valence-corrected chi connectivity index (χ3v) is 5.04. The van der Waals surface area contributed by atoms with E-state index in [0.717, 1.165) is 11.6 Å². The van der Waals surface area contributed by atoms with Gasteiger partial charge in [0.1, 0.15) is 5.84 Å². The number of anilines is 1. The van der Waals surface area contributed by atoms with Crippen LogP contribution in [0.5, 0.6) is 0 Å². The fourth-order valence-corrected chi connectivity index (χ4v) is 3.15. The maximum absolute atomic E-state index is 12.6. The van der Waals surface area contributed by atoms with Crippen molar-refractivity contribution in [3.8, 4) is 0 Å². The van der Waals surface area contributed by atoms with Gasteiger partial charge in [-0.05, 0) is 36.8 Å². The molecule has 8 nitrogen and oxygen atoms in total. The number of hydrogen-bond acceptors (Lipinski definition) is 4. The number of halogens is 1. The van der Waals surface area contributed by atoms with Gasteiger partial charge in [-0.15, -0.1) is 0 Å². The summed E-state index contributed by atoms with van der Waals surface area (Å²) in [5.41, 5.74) is 4.24. The lowest BCUT2D eigenvalue weighted by Gasteiger charge is -2.18. The number of carbonyl (C=O) groups excluding carboxylic acids is 1. The van der Waals surface area contributed by atoms with E-state index in [9.17, 15) is 24.6 Å². The lowest BCUT2D eigenvalue weighted by atomic mass is 10.1. The van der Waals surface area contributed by atoms with Gasteiger partial charge in [0.25, 0.3) is 5.91 Å². The van der Waals surface area contributed by atoms with Crippen LogP contribution >= 0.6 is 22.6 Å². The van der Waals surface area contributed by atoms with Crippen LogP contribution in [0.2, 0.25) is 0 Å². The monoisotopic (exact) mass is 479 g/mol. The molecule has 1 fully saturated rings. The van der Waals surface area contributed by atoms with Crippen LogP contribution in [0.3, 0.4) is 0 Å². The summed E-state index contributed by atoms with van der Waals surface area (Å²) in [7, 11) is 0. The zero-order valence-corrected chi connectivity index (χ0v) is 16.2. The molecule has 1 atom stereocenters. The van der Waals surface area contributed by atoms with Crippen molar-refractivity contribution in [2.45, 2.75) is 10.8 Å². The predicted octanol–water partition coefficient (Wildman–Crippen LogP) is 2.78. The maximum Gasteiger partial charge on any atom is 0.335 e. The number of amidine groups is 1. The zero-order chi connectivity index (χ0) is 19.7. The first-order valence-electron chi connectivity index (χ1n) is 7.78. The second-order valence-corrected chi connectivity index (χ2v) is 7.06. The highest BCUT2D eigenvalue weighted by Gasteiger charge is 2.37. The summed E-state index contributed by atoms with van der Waals surface area (Å²) in [6, 6.07) is 10.9. The number of alkyl halides is 1. The summed E-state index contributed by atoms with van der Waals surface area (Å²) in [6.45, 7) is 1.87. The molecule has 0 spiro atoms. The Labute approximate surface area is 167 Å². The van der Waals surface area contributed by atoms with Gasteiger partial charge in [-0.2, -0.15) is 0 Å². The Balaban J connectivity index is 2.00. The third kappa shape index (κ3) is 3.77. The number of benzene rings is 2. The molecular weight excluding hydrogens is 465 g/mol. The second kappa shape index (κ2) is 7.35. The molecule has 3 rings (SSSR count). The summed E-state index contributed by atoms with van der Waals surface area (Å²) < 4.78 is -0.621. The van der Waals surface area contributed by atoms with E-state index in [-0.39, 0.29) is 22.7 Å². The Morgan fingerprint density at radius 1 is 1.11 bits per heavy atom. The smallest absolute Gasteiger partial charge is 0.335 e. The molecule has 3 N–H and O–H groups in total. The number of nitrogens with one attached hydrogen (secondary N) is 1. The third-order valence-electron chi connectivity index (χ3n) is 3.92. The van der Waals surface area contributed by atoms with Crippen molar-refractivity contribution in [2.75, 3.05) is 5.01 Å². The van der Waals surface area contributed by atoms with Crippen molar-refractivity contribution in [3.05, 3.63) is 59.2 Å². The second-order valence-electron chi connectivity index (χ2n) is 5.81. The summed E-state index contributed by atoms with van der Waals surface area (Å²) in [6.07, 6.45) is 0. The molecule has 0 aliphatic carbocycles. The standard InChI is InChI=1S/C18H14IN3O5/c1-9-4-2-3-5-13(9)22-16(23)14(19)15(21-22)20-12-7-10(17(24)25)6-11(8-12)18(26)27/h2-8,14H,1H3,(H,20,21)(H,24,25)(H,26,27). The summed E-state index contributed by atoms with van der Waals surface area (Å²) in [5, 5.41) is 19.7. The topological polar surface area (TPSA) is 119 Å². The molecule has 0 saturated carbocycles. The normalized spacial score (nSPS) is 17.9. The SMILES string of the molecule is Cc1ccccc1N1NC(=Nc2cc(C(=O)O)cc(C(=O)O)c2)C(I)C1=O. The minimum absolute atomic E-state index is 0.135. The molecule has 0 bridgehead atoms. The van der Waals surface area contributed by atoms with Crippen molar-refractivity contribution in [1.82, 2.24) is 5.43 Å². The van der Waals surface area contributed by atoms with Crippen molar-refractivity contribution < 1.29 is 24.6 Å². The summed E-state index contributed by atoms with van der Waals surface area (Å²) in [5.74, 6) is -2.45. The van der Waals surface area contributed by atoms with Crippen LogP contribution in [0.4, 0.5) is 11.4 Å². The molecule has 0 radical (unpaired) electrons. The molecule has 9 heteroatoms. The molecule has 27 heavy (non-hydrogen) atoms. The number of hydrogen-bond donors (Lipinski definition) is 3. The minimum atomic E-state index is -1.26. The Bertz CT molecular complexity index is 956. The Hall–Kier alpha value is -2.95.